The average Bonchev–Trinajstić information content (AvgIpc) is 2.89. The molecule has 0 atom stereocenters. The van der Waals surface area contributed by atoms with Gasteiger partial charge in [-0.25, -0.2) is 4.39 Å². The molecule has 0 aliphatic carbocycles. The van der Waals surface area contributed by atoms with E-state index < -0.39 is 0 Å². The van der Waals surface area contributed by atoms with Crippen LogP contribution in [0.3, 0.4) is 0 Å². The summed E-state index contributed by atoms with van der Waals surface area (Å²) in [7, 11) is 0. The van der Waals surface area contributed by atoms with Gasteiger partial charge in [0, 0.05) is 17.5 Å². The first kappa shape index (κ1) is 21.7. The summed E-state index contributed by atoms with van der Waals surface area (Å²) in [6.07, 6.45) is 0. The molecular formula is C32H26FN. The standard InChI is InChI=1S/C32H26FN/c33-27-21-28(30(23-13-5-1-6-14-23)24-15-7-2-8-16-24)32(34)29(22-27)31(25-17-9-3-10-18-25)26-19-11-4-12-20-26/h1-22,30-31H,34H2. The van der Waals surface area contributed by atoms with Gasteiger partial charge >= 0.3 is 0 Å². The van der Waals surface area contributed by atoms with Crippen LogP contribution in [0.1, 0.15) is 45.2 Å². The smallest absolute Gasteiger partial charge is 0.123 e. The molecule has 166 valence electrons. The molecule has 0 spiro atoms. The zero-order valence-electron chi connectivity index (χ0n) is 18.8. The van der Waals surface area contributed by atoms with E-state index in [0.717, 1.165) is 33.4 Å². The summed E-state index contributed by atoms with van der Waals surface area (Å²) in [6.45, 7) is 0. The molecule has 0 saturated heterocycles. The molecule has 0 fully saturated rings. The van der Waals surface area contributed by atoms with Crippen molar-refractivity contribution >= 4 is 5.69 Å². The molecule has 2 heteroatoms. The minimum atomic E-state index is -0.284. The lowest BCUT2D eigenvalue weighted by atomic mass is 9.79. The van der Waals surface area contributed by atoms with E-state index in [-0.39, 0.29) is 17.7 Å². The second-order valence-corrected chi connectivity index (χ2v) is 8.51. The third-order valence-electron chi connectivity index (χ3n) is 6.36. The van der Waals surface area contributed by atoms with Gasteiger partial charge in [-0.1, -0.05) is 121 Å². The molecule has 0 aliphatic rings. The molecule has 0 saturated carbocycles. The number of halogens is 1. The Morgan fingerprint density at radius 2 is 0.706 bits per heavy atom. The largest absolute Gasteiger partial charge is 0.398 e. The van der Waals surface area contributed by atoms with Crippen molar-refractivity contribution in [2.45, 2.75) is 11.8 Å². The third kappa shape index (κ3) is 4.35. The zero-order valence-corrected chi connectivity index (χ0v) is 18.8. The molecule has 5 aromatic carbocycles. The Morgan fingerprint density at radius 1 is 0.441 bits per heavy atom. The average molecular weight is 444 g/mol. The summed E-state index contributed by atoms with van der Waals surface area (Å²) in [5.74, 6) is -0.638. The molecule has 2 N–H and O–H groups in total. The van der Waals surface area contributed by atoms with Crippen LogP contribution < -0.4 is 5.73 Å². The number of benzene rings is 5. The van der Waals surface area contributed by atoms with Crippen molar-refractivity contribution in [3.8, 4) is 0 Å². The quantitative estimate of drug-likeness (QED) is 0.210. The number of nitrogens with two attached hydrogens (primary N) is 1. The van der Waals surface area contributed by atoms with E-state index in [9.17, 15) is 0 Å². The summed E-state index contributed by atoms with van der Waals surface area (Å²) < 4.78 is 15.3. The van der Waals surface area contributed by atoms with Crippen molar-refractivity contribution in [2.24, 2.45) is 0 Å². The summed E-state index contributed by atoms with van der Waals surface area (Å²) in [5, 5.41) is 0. The van der Waals surface area contributed by atoms with Gasteiger partial charge in [0.25, 0.3) is 0 Å². The van der Waals surface area contributed by atoms with Crippen LogP contribution in [0.5, 0.6) is 0 Å². The summed E-state index contributed by atoms with van der Waals surface area (Å²) in [5.41, 5.74) is 13.4. The fourth-order valence-electron chi connectivity index (χ4n) is 4.82. The lowest BCUT2D eigenvalue weighted by Gasteiger charge is -2.26. The maximum absolute atomic E-state index is 15.3. The van der Waals surface area contributed by atoms with Gasteiger partial charge in [-0.15, -0.1) is 0 Å². The van der Waals surface area contributed by atoms with Crippen LogP contribution in [-0.4, -0.2) is 0 Å². The second-order valence-electron chi connectivity index (χ2n) is 8.51. The third-order valence-corrected chi connectivity index (χ3v) is 6.36. The molecule has 0 unspecified atom stereocenters. The molecular weight excluding hydrogens is 417 g/mol. The predicted molar refractivity (Wildman–Crippen MR) is 138 cm³/mol. The van der Waals surface area contributed by atoms with Gasteiger partial charge in [-0.2, -0.15) is 0 Å². The van der Waals surface area contributed by atoms with Crippen LogP contribution in [0.4, 0.5) is 10.1 Å². The first-order valence-electron chi connectivity index (χ1n) is 11.5. The Labute approximate surface area is 200 Å². The van der Waals surface area contributed by atoms with Gasteiger partial charge < -0.3 is 5.73 Å². The van der Waals surface area contributed by atoms with Crippen LogP contribution in [0.15, 0.2) is 133 Å². The number of hydrogen-bond acceptors (Lipinski definition) is 1. The fraction of sp³-hybridized carbons (Fsp3) is 0.0625. The molecule has 5 aromatic rings. The molecule has 0 radical (unpaired) electrons. The van der Waals surface area contributed by atoms with E-state index in [1.807, 2.05) is 72.8 Å². The Hall–Kier alpha value is -4.17. The van der Waals surface area contributed by atoms with E-state index in [2.05, 4.69) is 48.5 Å². The van der Waals surface area contributed by atoms with Crippen molar-refractivity contribution in [2.75, 3.05) is 5.73 Å². The highest BCUT2D eigenvalue weighted by Gasteiger charge is 2.26. The van der Waals surface area contributed by atoms with Crippen molar-refractivity contribution in [3.63, 3.8) is 0 Å². The minimum absolute atomic E-state index is 0.177. The topological polar surface area (TPSA) is 26.0 Å². The molecule has 34 heavy (non-hydrogen) atoms. The van der Waals surface area contributed by atoms with Crippen LogP contribution in [0, 0.1) is 5.82 Å². The van der Waals surface area contributed by atoms with E-state index in [1.165, 1.54) is 0 Å². The van der Waals surface area contributed by atoms with Gasteiger partial charge in [0.15, 0.2) is 0 Å². The van der Waals surface area contributed by atoms with Gasteiger partial charge in [-0.3, -0.25) is 0 Å². The number of nitrogen functional groups attached to an aromatic ring is 1. The molecule has 0 bridgehead atoms. The first-order chi connectivity index (χ1) is 16.7. The van der Waals surface area contributed by atoms with Crippen LogP contribution >= 0.6 is 0 Å². The van der Waals surface area contributed by atoms with Crippen molar-refractivity contribution in [1.82, 2.24) is 0 Å². The van der Waals surface area contributed by atoms with Crippen LogP contribution in [0.2, 0.25) is 0 Å². The highest BCUT2D eigenvalue weighted by molar-refractivity contribution is 5.64. The summed E-state index contributed by atoms with van der Waals surface area (Å²) in [6, 6.07) is 43.9. The number of rotatable bonds is 6. The van der Waals surface area contributed by atoms with Crippen LogP contribution in [0.25, 0.3) is 0 Å². The fourth-order valence-corrected chi connectivity index (χ4v) is 4.82. The Kier molecular flexibility index (Phi) is 6.22. The first-order valence-corrected chi connectivity index (χ1v) is 11.5. The highest BCUT2D eigenvalue weighted by Crippen LogP contribution is 2.42. The van der Waals surface area contributed by atoms with Gasteiger partial charge in [0.2, 0.25) is 0 Å². The SMILES string of the molecule is Nc1c(C(c2ccccc2)c2ccccc2)cc(F)cc1C(c1ccccc1)c1ccccc1. The van der Waals surface area contributed by atoms with Crippen LogP contribution in [-0.2, 0) is 0 Å². The summed E-state index contributed by atoms with van der Waals surface area (Å²) >= 11 is 0. The molecule has 0 amide bonds. The molecule has 5 rings (SSSR count). The molecule has 1 nitrogen and oxygen atoms in total. The van der Waals surface area contributed by atoms with Crippen molar-refractivity contribution in [1.29, 1.82) is 0 Å². The maximum atomic E-state index is 15.3. The zero-order chi connectivity index (χ0) is 23.3. The Balaban J connectivity index is 1.75. The molecule has 0 heterocycles. The molecule has 0 aromatic heterocycles. The maximum Gasteiger partial charge on any atom is 0.123 e. The van der Waals surface area contributed by atoms with Gasteiger partial charge in [0.05, 0.1) is 0 Å². The Bertz CT molecular complexity index is 1170. The highest BCUT2D eigenvalue weighted by atomic mass is 19.1. The summed E-state index contributed by atoms with van der Waals surface area (Å²) in [4.78, 5) is 0. The lowest BCUT2D eigenvalue weighted by molar-refractivity contribution is 0.622. The van der Waals surface area contributed by atoms with E-state index in [1.54, 1.807) is 12.1 Å². The predicted octanol–water partition coefficient (Wildman–Crippen LogP) is 7.77. The molecule has 0 aliphatic heterocycles. The van der Waals surface area contributed by atoms with E-state index in [0.29, 0.717) is 5.69 Å². The Morgan fingerprint density at radius 3 is 0.971 bits per heavy atom. The van der Waals surface area contributed by atoms with E-state index >= 15 is 4.39 Å². The number of anilines is 1. The van der Waals surface area contributed by atoms with Crippen molar-refractivity contribution < 1.29 is 4.39 Å². The van der Waals surface area contributed by atoms with Gasteiger partial charge in [0.1, 0.15) is 5.82 Å². The van der Waals surface area contributed by atoms with Crippen molar-refractivity contribution in [3.05, 3.63) is 173 Å². The monoisotopic (exact) mass is 443 g/mol. The lowest BCUT2D eigenvalue weighted by Crippen LogP contribution is -2.13. The minimum Gasteiger partial charge on any atom is -0.398 e. The number of hydrogen-bond donors (Lipinski definition) is 1. The van der Waals surface area contributed by atoms with Gasteiger partial charge in [-0.05, 0) is 45.5 Å². The van der Waals surface area contributed by atoms with E-state index in [4.69, 9.17) is 5.73 Å². The normalized spacial score (nSPS) is 11.1. The second kappa shape index (κ2) is 9.76.